The van der Waals surface area contributed by atoms with Crippen molar-refractivity contribution in [1.29, 1.82) is 0 Å². The van der Waals surface area contributed by atoms with E-state index in [0.717, 1.165) is 36.1 Å². The first kappa shape index (κ1) is 15.1. The van der Waals surface area contributed by atoms with Crippen molar-refractivity contribution in [2.45, 2.75) is 37.4 Å². The highest BCUT2D eigenvalue weighted by molar-refractivity contribution is 7.99. The third-order valence-corrected chi connectivity index (χ3v) is 4.79. The lowest BCUT2D eigenvalue weighted by Gasteiger charge is -2.06. The van der Waals surface area contributed by atoms with Gasteiger partial charge in [-0.2, -0.15) is 0 Å². The first-order valence-corrected chi connectivity index (χ1v) is 8.48. The van der Waals surface area contributed by atoms with E-state index in [1.807, 2.05) is 0 Å². The monoisotopic (exact) mass is 317 g/mol. The first-order valence-electron chi connectivity index (χ1n) is 7.50. The number of nitrogens with zero attached hydrogens (tertiary/aromatic N) is 3. The summed E-state index contributed by atoms with van der Waals surface area (Å²) >= 11 is 1.47. The second kappa shape index (κ2) is 6.96. The quantitative estimate of drug-likeness (QED) is 0.627. The maximum atomic E-state index is 12.3. The number of fused-ring (bicyclic) bond motifs is 1. The van der Waals surface area contributed by atoms with Crippen molar-refractivity contribution in [3.8, 4) is 5.75 Å². The van der Waals surface area contributed by atoms with Crippen LogP contribution in [0.3, 0.4) is 0 Å². The van der Waals surface area contributed by atoms with Crippen LogP contribution in [0.4, 0.5) is 0 Å². The summed E-state index contributed by atoms with van der Waals surface area (Å²) in [7, 11) is 1.61. The number of carbonyl (C=O) groups is 1. The minimum atomic E-state index is 0.0959. The number of carbonyl (C=O) groups excluding carboxylic acids is 1. The van der Waals surface area contributed by atoms with Gasteiger partial charge in [-0.25, -0.2) is 0 Å². The van der Waals surface area contributed by atoms with Crippen molar-refractivity contribution in [3.05, 3.63) is 35.7 Å². The molecule has 0 radical (unpaired) electrons. The number of hydrogen-bond donors (Lipinski definition) is 0. The average Bonchev–Trinajstić information content (AvgIpc) is 2.79. The smallest absolute Gasteiger partial charge is 0.191 e. The molecule has 0 saturated heterocycles. The van der Waals surface area contributed by atoms with Crippen LogP contribution in [0.25, 0.3) is 0 Å². The number of hydrogen-bond acceptors (Lipinski definition) is 5. The van der Waals surface area contributed by atoms with Crippen molar-refractivity contribution in [2.24, 2.45) is 0 Å². The molecule has 0 amide bonds. The van der Waals surface area contributed by atoms with Gasteiger partial charge in [-0.15, -0.1) is 10.2 Å². The Bertz CT molecular complexity index is 652. The maximum Gasteiger partial charge on any atom is 0.191 e. The van der Waals surface area contributed by atoms with Crippen LogP contribution in [0, 0.1) is 0 Å². The molecule has 0 atom stereocenters. The van der Waals surface area contributed by atoms with Crippen LogP contribution in [0.15, 0.2) is 29.4 Å². The van der Waals surface area contributed by atoms with E-state index >= 15 is 0 Å². The molecule has 6 heteroatoms. The summed E-state index contributed by atoms with van der Waals surface area (Å²) in [4.78, 5) is 12.3. The van der Waals surface area contributed by atoms with Gasteiger partial charge in [0.25, 0.3) is 0 Å². The molecular formula is C16H19N3O2S. The summed E-state index contributed by atoms with van der Waals surface area (Å²) < 4.78 is 7.27. The van der Waals surface area contributed by atoms with E-state index in [1.165, 1.54) is 24.6 Å². The van der Waals surface area contributed by atoms with Crippen molar-refractivity contribution in [1.82, 2.24) is 14.8 Å². The summed E-state index contributed by atoms with van der Waals surface area (Å²) in [5.41, 5.74) is 0.698. The molecule has 1 aromatic carbocycles. The van der Waals surface area contributed by atoms with Gasteiger partial charge in [0.05, 0.1) is 12.9 Å². The van der Waals surface area contributed by atoms with Gasteiger partial charge < -0.3 is 9.30 Å². The van der Waals surface area contributed by atoms with E-state index in [0.29, 0.717) is 11.3 Å². The zero-order chi connectivity index (χ0) is 15.4. The topological polar surface area (TPSA) is 57.0 Å². The maximum absolute atomic E-state index is 12.3. The van der Waals surface area contributed by atoms with Crippen LogP contribution in [0.5, 0.6) is 5.75 Å². The normalized spacial score (nSPS) is 14.2. The molecule has 1 aliphatic rings. The van der Waals surface area contributed by atoms with E-state index < -0.39 is 0 Å². The molecule has 1 aromatic heterocycles. The van der Waals surface area contributed by atoms with Crippen LogP contribution in [-0.2, 0) is 13.0 Å². The molecule has 2 aromatic rings. The number of Topliss-reactive ketones (excluding diaryl/α,β-unsaturated/α-hetero) is 1. The largest absolute Gasteiger partial charge is 0.497 e. The standard InChI is InChI=1S/C16H19N3O2S/c1-21-13-8-6-12(7-9-13)14(20)11-22-16-18-17-15-5-3-2-4-10-19(15)16/h6-9H,2-5,10-11H2,1H3. The lowest BCUT2D eigenvalue weighted by molar-refractivity contribution is 0.102. The van der Waals surface area contributed by atoms with Crippen LogP contribution < -0.4 is 4.74 Å². The average molecular weight is 317 g/mol. The number of thioether (sulfide) groups is 1. The van der Waals surface area contributed by atoms with Gasteiger partial charge in [0, 0.05) is 18.5 Å². The Morgan fingerprint density at radius 3 is 2.82 bits per heavy atom. The molecule has 0 fully saturated rings. The molecule has 5 nitrogen and oxygen atoms in total. The lowest BCUT2D eigenvalue weighted by Crippen LogP contribution is -2.06. The van der Waals surface area contributed by atoms with Gasteiger partial charge in [0.15, 0.2) is 10.9 Å². The number of rotatable bonds is 5. The zero-order valence-corrected chi connectivity index (χ0v) is 13.4. The number of ketones is 1. The number of methoxy groups -OCH3 is 1. The highest BCUT2D eigenvalue weighted by Crippen LogP contribution is 2.23. The summed E-state index contributed by atoms with van der Waals surface area (Å²) in [5, 5.41) is 9.35. The molecule has 2 heterocycles. The van der Waals surface area contributed by atoms with E-state index in [-0.39, 0.29) is 5.78 Å². The molecule has 0 spiro atoms. The molecule has 0 saturated carbocycles. The summed E-state index contributed by atoms with van der Waals surface area (Å²) in [6, 6.07) is 7.21. The Labute approximate surface area is 134 Å². The Morgan fingerprint density at radius 2 is 2.05 bits per heavy atom. The van der Waals surface area contributed by atoms with E-state index in [2.05, 4.69) is 14.8 Å². The minimum absolute atomic E-state index is 0.0959. The van der Waals surface area contributed by atoms with Gasteiger partial charge in [-0.05, 0) is 37.1 Å². The summed E-state index contributed by atoms with van der Waals surface area (Å²) in [6.45, 7) is 0.960. The van der Waals surface area contributed by atoms with Crippen molar-refractivity contribution >= 4 is 17.5 Å². The van der Waals surface area contributed by atoms with E-state index in [9.17, 15) is 4.79 Å². The molecule has 0 aliphatic carbocycles. The molecule has 0 N–H and O–H groups in total. The Morgan fingerprint density at radius 1 is 1.23 bits per heavy atom. The Kier molecular flexibility index (Phi) is 4.77. The van der Waals surface area contributed by atoms with Gasteiger partial charge in [0.2, 0.25) is 0 Å². The number of benzene rings is 1. The van der Waals surface area contributed by atoms with Crippen molar-refractivity contribution < 1.29 is 9.53 Å². The third-order valence-electron chi connectivity index (χ3n) is 3.82. The fraction of sp³-hybridized carbons (Fsp3) is 0.438. The van der Waals surface area contributed by atoms with Gasteiger partial charge in [0.1, 0.15) is 11.6 Å². The number of ether oxygens (including phenoxy) is 1. The van der Waals surface area contributed by atoms with E-state index in [1.54, 1.807) is 31.4 Å². The second-order valence-corrected chi connectivity index (χ2v) is 6.24. The second-order valence-electron chi connectivity index (χ2n) is 5.30. The van der Waals surface area contributed by atoms with Gasteiger partial charge in [-0.3, -0.25) is 4.79 Å². The van der Waals surface area contributed by atoms with Crippen LogP contribution in [0.1, 0.15) is 35.4 Å². The lowest BCUT2D eigenvalue weighted by atomic mass is 10.1. The first-order chi connectivity index (χ1) is 10.8. The van der Waals surface area contributed by atoms with Crippen LogP contribution >= 0.6 is 11.8 Å². The molecular weight excluding hydrogens is 298 g/mol. The molecule has 1 aliphatic heterocycles. The molecule has 3 rings (SSSR count). The third kappa shape index (κ3) is 3.32. The fourth-order valence-electron chi connectivity index (χ4n) is 2.56. The van der Waals surface area contributed by atoms with Crippen molar-refractivity contribution in [2.75, 3.05) is 12.9 Å². The van der Waals surface area contributed by atoms with Gasteiger partial charge >= 0.3 is 0 Å². The molecule has 0 unspecified atom stereocenters. The fourth-order valence-corrected chi connectivity index (χ4v) is 3.43. The Balaban J connectivity index is 1.64. The molecule has 116 valence electrons. The Hall–Kier alpha value is -1.82. The number of aryl methyl sites for hydroxylation is 1. The van der Waals surface area contributed by atoms with Gasteiger partial charge in [-0.1, -0.05) is 18.2 Å². The predicted octanol–water partition coefficient (Wildman–Crippen LogP) is 2.99. The zero-order valence-electron chi connectivity index (χ0n) is 12.6. The van der Waals surface area contributed by atoms with Crippen LogP contribution in [0.2, 0.25) is 0 Å². The molecule has 22 heavy (non-hydrogen) atoms. The SMILES string of the molecule is COc1ccc(C(=O)CSc2nnc3n2CCCCC3)cc1. The van der Waals surface area contributed by atoms with Crippen LogP contribution in [-0.4, -0.2) is 33.4 Å². The summed E-state index contributed by atoms with van der Waals surface area (Å²) in [5.74, 6) is 2.28. The minimum Gasteiger partial charge on any atom is -0.497 e. The molecule has 0 bridgehead atoms. The van der Waals surface area contributed by atoms with Crippen molar-refractivity contribution in [3.63, 3.8) is 0 Å². The predicted molar refractivity (Wildman–Crippen MR) is 85.6 cm³/mol. The van der Waals surface area contributed by atoms with E-state index in [4.69, 9.17) is 4.74 Å². The highest BCUT2D eigenvalue weighted by Gasteiger charge is 2.16. The number of aromatic nitrogens is 3. The highest BCUT2D eigenvalue weighted by atomic mass is 32.2. The summed E-state index contributed by atoms with van der Waals surface area (Å²) in [6.07, 6.45) is 4.55.